The molecule has 2 nitrogen and oxygen atoms in total. The van der Waals surface area contributed by atoms with Gasteiger partial charge in [-0.2, -0.15) is 0 Å². The summed E-state index contributed by atoms with van der Waals surface area (Å²) in [6.45, 7) is 1.84. The number of fused-ring (bicyclic) bond motifs is 1. The van der Waals surface area contributed by atoms with Gasteiger partial charge in [-0.1, -0.05) is 15.9 Å². The van der Waals surface area contributed by atoms with E-state index in [0.717, 1.165) is 20.9 Å². The van der Waals surface area contributed by atoms with Crippen molar-refractivity contribution < 1.29 is 5.11 Å². The summed E-state index contributed by atoms with van der Waals surface area (Å²) in [5, 5.41) is 10.5. The fraction of sp³-hybridized carbons (Fsp3) is 0.100. The first kappa shape index (κ1) is 8.51. The lowest BCUT2D eigenvalue weighted by molar-refractivity contribution is 0.477. The molecule has 0 aliphatic heterocycles. The minimum atomic E-state index is 0.311. The molecule has 0 amide bonds. The summed E-state index contributed by atoms with van der Waals surface area (Å²) in [5.41, 5.74) is 1.61. The average molecular weight is 238 g/mol. The average Bonchev–Trinajstić information content (AvgIpc) is 2.12. The Kier molecular flexibility index (Phi) is 1.96. The maximum absolute atomic E-state index is 9.72. The molecule has 1 aromatic heterocycles. The Morgan fingerprint density at radius 3 is 2.92 bits per heavy atom. The highest BCUT2D eigenvalue weighted by molar-refractivity contribution is 9.10. The lowest BCUT2D eigenvalue weighted by Crippen LogP contribution is -1.82. The summed E-state index contributed by atoms with van der Waals surface area (Å²) >= 11 is 3.35. The number of aromatic nitrogens is 1. The van der Waals surface area contributed by atoms with Gasteiger partial charge in [0, 0.05) is 21.6 Å². The molecule has 0 atom stereocenters. The zero-order valence-electron chi connectivity index (χ0n) is 7.08. The first-order chi connectivity index (χ1) is 6.18. The van der Waals surface area contributed by atoms with E-state index < -0.39 is 0 Å². The Morgan fingerprint density at radius 2 is 2.15 bits per heavy atom. The molecule has 0 saturated carbocycles. The SMILES string of the molecule is Cc1cnc2ccc(Br)cc2c1O. The number of hydrogen-bond donors (Lipinski definition) is 1. The van der Waals surface area contributed by atoms with E-state index in [9.17, 15) is 5.11 Å². The third-order valence-corrected chi connectivity index (χ3v) is 2.48. The van der Waals surface area contributed by atoms with Crippen LogP contribution in [0.25, 0.3) is 10.9 Å². The number of nitrogens with zero attached hydrogens (tertiary/aromatic N) is 1. The van der Waals surface area contributed by atoms with Gasteiger partial charge >= 0.3 is 0 Å². The van der Waals surface area contributed by atoms with Crippen LogP contribution in [0.5, 0.6) is 5.75 Å². The smallest absolute Gasteiger partial charge is 0.129 e. The molecular formula is C10H8BrNO. The number of aryl methyl sites for hydroxylation is 1. The number of pyridine rings is 1. The van der Waals surface area contributed by atoms with Crippen molar-refractivity contribution in [2.45, 2.75) is 6.92 Å². The van der Waals surface area contributed by atoms with Crippen molar-refractivity contribution in [2.24, 2.45) is 0 Å². The summed E-state index contributed by atoms with van der Waals surface area (Å²) in [5.74, 6) is 0.311. The molecule has 0 aliphatic carbocycles. The van der Waals surface area contributed by atoms with Crippen LogP contribution in [0.4, 0.5) is 0 Å². The Labute approximate surface area is 84.4 Å². The van der Waals surface area contributed by atoms with E-state index in [1.807, 2.05) is 25.1 Å². The van der Waals surface area contributed by atoms with E-state index in [2.05, 4.69) is 20.9 Å². The molecule has 3 heteroatoms. The molecule has 0 bridgehead atoms. The molecule has 2 aromatic rings. The van der Waals surface area contributed by atoms with Crippen LogP contribution in [0.3, 0.4) is 0 Å². The second kappa shape index (κ2) is 3.00. The van der Waals surface area contributed by atoms with E-state index in [0.29, 0.717) is 5.75 Å². The summed E-state index contributed by atoms with van der Waals surface area (Å²) in [6.07, 6.45) is 1.67. The van der Waals surface area contributed by atoms with Gasteiger partial charge in [0.05, 0.1) is 5.52 Å². The Hall–Kier alpha value is -1.09. The second-order valence-corrected chi connectivity index (χ2v) is 3.87. The predicted octanol–water partition coefficient (Wildman–Crippen LogP) is 3.01. The summed E-state index contributed by atoms with van der Waals surface area (Å²) in [6, 6.07) is 5.65. The van der Waals surface area contributed by atoms with E-state index >= 15 is 0 Å². The Morgan fingerprint density at radius 1 is 1.38 bits per heavy atom. The normalized spacial score (nSPS) is 10.6. The van der Waals surface area contributed by atoms with Gasteiger partial charge in [0.15, 0.2) is 0 Å². The zero-order valence-corrected chi connectivity index (χ0v) is 8.67. The van der Waals surface area contributed by atoms with Crippen molar-refractivity contribution in [3.8, 4) is 5.75 Å². The minimum Gasteiger partial charge on any atom is -0.507 e. The Balaban J connectivity index is 2.89. The fourth-order valence-corrected chi connectivity index (χ4v) is 1.61. The maximum atomic E-state index is 9.72. The van der Waals surface area contributed by atoms with Gasteiger partial charge in [0.2, 0.25) is 0 Å². The minimum absolute atomic E-state index is 0.311. The molecular weight excluding hydrogens is 230 g/mol. The molecule has 1 aromatic carbocycles. The lowest BCUT2D eigenvalue weighted by atomic mass is 10.1. The quantitative estimate of drug-likeness (QED) is 0.765. The molecule has 13 heavy (non-hydrogen) atoms. The van der Waals surface area contributed by atoms with Crippen LogP contribution >= 0.6 is 15.9 Å². The monoisotopic (exact) mass is 237 g/mol. The highest BCUT2D eigenvalue weighted by Crippen LogP contribution is 2.28. The number of hydrogen-bond acceptors (Lipinski definition) is 2. The van der Waals surface area contributed by atoms with Crippen molar-refractivity contribution in [1.29, 1.82) is 0 Å². The van der Waals surface area contributed by atoms with Crippen LogP contribution in [-0.4, -0.2) is 10.1 Å². The molecule has 0 unspecified atom stereocenters. The summed E-state index contributed by atoms with van der Waals surface area (Å²) in [7, 11) is 0. The molecule has 2 rings (SSSR count). The van der Waals surface area contributed by atoms with E-state index in [4.69, 9.17) is 0 Å². The van der Waals surface area contributed by atoms with E-state index in [-0.39, 0.29) is 0 Å². The number of halogens is 1. The van der Waals surface area contributed by atoms with Crippen molar-refractivity contribution in [1.82, 2.24) is 4.98 Å². The standard InChI is InChI=1S/C10H8BrNO/c1-6-5-12-9-3-2-7(11)4-8(9)10(6)13/h2-5H,1H3,(H,12,13). The molecule has 0 fully saturated rings. The van der Waals surface area contributed by atoms with E-state index in [1.165, 1.54) is 0 Å². The van der Waals surface area contributed by atoms with Crippen LogP contribution in [0.2, 0.25) is 0 Å². The van der Waals surface area contributed by atoms with Crippen LogP contribution in [-0.2, 0) is 0 Å². The van der Waals surface area contributed by atoms with Gasteiger partial charge in [-0.15, -0.1) is 0 Å². The van der Waals surface area contributed by atoms with Crippen molar-refractivity contribution >= 4 is 26.8 Å². The van der Waals surface area contributed by atoms with Gasteiger partial charge in [-0.3, -0.25) is 4.98 Å². The van der Waals surface area contributed by atoms with Crippen molar-refractivity contribution in [3.05, 3.63) is 34.4 Å². The number of rotatable bonds is 0. The highest BCUT2D eigenvalue weighted by atomic mass is 79.9. The molecule has 0 aliphatic rings. The van der Waals surface area contributed by atoms with Gasteiger partial charge < -0.3 is 5.11 Å². The van der Waals surface area contributed by atoms with Gasteiger partial charge in [-0.25, -0.2) is 0 Å². The molecule has 0 saturated heterocycles. The van der Waals surface area contributed by atoms with Crippen molar-refractivity contribution in [2.75, 3.05) is 0 Å². The largest absolute Gasteiger partial charge is 0.507 e. The summed E-state index contributed by atoms with van der Waals surface area (Å²) in [4.78, 5) is 4.20. The maximum Gasteiger partial charge on any atom is 0.129 e. The fourth-order valence-electron chi connectivity index (χ4n) is 1.25. The van der Waals surface area contributed by atoms with E-state index in [1.54, 1.807) is 6.20 Å². The van der Waals surface area contributed by atoms with Crippen molar-refractivity contribution in [3.63, 3.8) is 0 Å². The Bertz CT molecular complexity index is 462. The molecule has 1 N–H and O–H groups in total. The van der Waals surface area contributed by atoms with Gasteiger partial charge in [0.1, 0.15) is 5.75 Å². The zero-order chi connectivity index (χ0) is 9.42. The first-order valence-corrected chi connectivity index (χ1v) is 4.71. The molecule has 1 heterocycles. The first-order valence-electron chi connectivity index (χ1n) is 3.92. The van der Waals surface area contributed by atoms with Gasteiger partial charge in [-0.05, 0) is 25.1 Å². The van der Waals surface area contributed by atoms with Crippen LogP contribution < -0.4 is 0 Å². The third-order valence-electron chi connectivity index (χ3n) is 1.98. The predicted molar refractivity (Wildman–Crippen MR) is 55.8 cm³/mol. The lowest BCUT2D eigenvalue weighted by Gasteiger charge is -2.03. The molecule has 0 radical (unpaired) electrons. The highest BCUT2D eigenvalue weighted by Gasteiger charge is 2.03. The molecule has 66 valence electrons. The number of benzene rings is 1. The topological polar surface area (TPSA) is 33.1 Å². The third kappa shape index (κ3) is 1.40. The number of aromatic hydroxyl groups is 1. The summed E-state index contributed by atoms with van der Waals surface area (Å²) < 4.78 is 0.947. The second-order valence-electron chi connectivity index (χ2n) is 2.95. The van der Waals surface area contributed by atoms with Crippen LogP contribution in [0, 0.1) is 6.92 Å². The van der Waals surface area contributed by atoms with Gasteiger partial charge in [0.25, 0.3) is 0 Å². The van der Waals surface area contributed by atoms with Crippen LogP contribution in [0.15, 0.2) is 28.9 Å². The van der Waals surface area contributed by atoms with Crippen LogP contribution in [0.1, 0.15) is 5.56 Å². The molecule has 0 spiro atoms.